The molecule has 2 atom stereocenters. The van der Waals surface area contributed by atoms with E-state index in [4.69, 9.17) is 17.1 Å². The summed E-state index contributed by atoms with van der Waals surface area (Å²) in [5, 5.41) is 9.45. The summed E-state index contributed by atoms with van der Waals surface area (Å²) < 4.78 is 25.5. The minimum atomic E-state index is -3.05. The Balaban J connectivity index is 5.70. The van der Waals surface area contributed by atoms with E-state index in [1.54, 1.807) is 0 Å². The first kappa shape index (κ1) is 23.7. The molecule has 0 saturated heterocycles. The Bertz CT molecular complexity index is 317. The molecule has 0 aromatic rings. The number of hydrogen-bond donors (Lipinski definition) is 1. The number of hydrogen-bond acceptors (Lipinski definition) is 5. The van der Waals surface area contributed by atoms with Crippen molar-refractivity contribution in [3.63, 3.8) is 0 Å². The zero-order valence-electron chi connectivity index (χ0n) is 16.6. The predicted molar refractivity (Wildman–Crippen MR) is 106 cm³/mol. The molecule has 0 saturated carbocycles. The van der Waals surface area contributed by atoms with Crippen LogP contribution in [0.15, 0.2) is 0 Å². The topological polar surface area (TPSA) is 57.2 Å². The summed E-state index contributed by atoms with van der Waals surface area (Å²) in [5.74, 6) is 0. The van der Waals surface area contributed by atoms with Crippen LogP contribution in [0.4, 0.5) is 0 Å². The Labute approximate surface area is 147 Å². The molecule has 0 aliphatic heterocycles. The molecule has 0 aliphatic rings. The van der Waals surface area contributed by atoms with Crippen molar-refractivity contribution in [1.29, 1.82) is 0 Å². The Hall–Kier alpha value is 0.668. The van der Waals surface area contributed by atoms with Gasteiger partial charge in [-0.2, -0.15) is 0 Å². The normalized spacial score (nSPS) is 17.2. The first-order valence-electron chi connectivity index (χ1n) is 8.19. The van der Waals surface area contributed by atoms with Crippen molar-refractivity contribution in [1.82, 2.24) is 0 Å². The molecule has 0 aromatic heterocycles. The van der Waals surface area contributed by atoms with E-state index in [0.717, 1.165) is 0 Å². The molecule has 0 amide bonds. The van der Waals surface area contributed by atoms with Crippen LogP contribution in [0.2, 0.25) is 58.9 Å². The fourth-order valence-corrected chi connectivity index (χ4v) is 16.1. The molecule has 139 valence electrons. The fourth-order valence-electron chi connectivity index (χ4n) is 1.95. The third kappa shape index (κ3) is 11.0. The van der Waals surface area contributed by atoms with Crippen LogP contribution in [0.5, 0.6) is 0 Å². The van der Waals surface area contributed by atoms with Crippen LogP contribution in [-0.4, -0.2) is 57.3 Å². The monoisotopic (exact) mass is 397 g/mol. The van der Waals surface area contributed by atoms with Gasteiger partial charge in [-0.15, -0.1) is 0 Å². The van der Waals surface area contributed by atoms with Crippen LogP contribution in [0, 0.1) is 6.92 Å². The zero-order chi connectivity index (χ0) is 18.7. The highest BCUT2D eigenvalue weighted by molar-refractivity contribution is 6.90. The lowest BCUT2D eigenvalue weighted by molar-refractivity contribution is 0.0170. The highest BCUT2D eigenvalue weighted by Gasteiger charge is 2.55. The summed E-state index contributed by atoms with van der Waals surface area (Å²) >= 11 is 0. The number of rotatable bonds is 10. The minimum Gasteiger partial charge on any atom is -0.415 e. The van der Waals surface area contributed by atoms with Crippen LogP contribution >= 0.6 is 0 Å². The van der Waals surface area contributed by atoms with Gasteiger partial charge in [0.25, 0.3) is 0 Å². The smallest absolute Gasteiger partial charge is 0.415 e. The van der Waals surface area contributed by atoms with Crippen LogP contribution < -0.4 is 0 Å². The molecule has 0 aromatic carbocycles. The lowest BCUT2D eigenvalue weighted by Gasteiger charge is -2.45. The molecule has 0 aliphatic carbocycles. The Morgan fingerprint density at radius 3 is 1.30 bits per heavy atom. The second kappa shape index (κ2) is 8.37. The lowest BCUT2D eigenvalue weighted by atomic mass is 10.4. The second-order valence-corrected chi connectivity index (χ2v) is 26.0. The van der Waals surface area contributed by atoms with E-state index in [1.807, 2.05) is 6.92 Å². The lowest BCUT2D eigenvalue weighted by Crippen LogP contribution is -2.67. The average Bonchev–Trinajstić information content (AvgIpc) is 2.17. The molecular formula is C14H37O5Si4. The van der Waals surface area contributed by atoms with Crippen molar-refractivity contribution in [2.24, 2.45) is 0 Å². The molecule has 5 nitrogen and oxygen atoms in total. The molecule has 23 heavy (non-hydrogen) atoms. The predicted octanol–water partition coefficient (Wildman–Crippen LogP) is 3.62. The number of aliphatic hydroxyl groups is 1. The van der Waals surface area contributed by atoms with E-state index < -0.39 is 39.9 Å². The number of aliphatic hydroxyl groups excluding tert-OH is 1. The van der Waals surface area contributed by atoms with E-state index in [0.29, 0.717) is 0 Å². The van der Waals surface area contributed by atoms with Crippen molar-refractivity contribution in [3.05, 3.63) is 6.92 Å². The molecular weight excluding hydrogens is 360 g/mol. The fraction of sp³-hybridized carbons (Fsp3) is 0.929. The van der Waals surface area contributed by atoms with E-state index >= 15 is 0 Å². The van der Waals surface area contributed by atoms with Gasteiger partial charge in [-0.25, -0.2) is 0 Å². The van der Waals surface area contributed by atoms with Crippen molar-refractivity contribution >= 4 is 33.8 Å². The van der Waals surface area contributed by atoms with Gasteiger partial charge in [-0.05, 0) is 72.8 Å². The Morgan fingerprint density at radius 2 is 1.09 bits per heavy atom. The molecule has 0 bridgehead atoms. The summed E-state index contributed by atoms with van der Waals surface area (Å²) in [6.07, 6.45) is -0.769. The summed E-state index contributed by atoms with van der Waals surface area (Å²) in [5.41, 5.74) is -0.330. The molecule has 0 fully saturated rings. The number of ether oxygens (including phenoxy) is 1. The van der Waals surface area contributed by atoms with Crippen molar-refractivity contribution < 1.29 is 22.2 Å². The molecule has 0 heterocycles. The van der Waals surface area contributed by atoms with Gasteiger partial charge < -0.3 is 22.2 Å². The largest absolute Gasteiger partial charge is 0.499 e. The van der Waals surface area contributed by atoms with E-state index in [9.17, 15) is 5.11 Å². The maximum atomic E-state index is 9.45. The summed E-state index contributed by atoms with van der Waals surface area (Å²) in [7, 11) is -8.79. The van der Waals surface area contributed by atoms with Gasteiger partial charge in [-0.1, -0.05) is 0 Å². The Morgan fingerprint density at radius 1 is 0.783 bits per heavy atom. The van der Waals surface area contributed by atoms with Crippen molar-refractivity contribution in [2.45, 2.75) is 77.7 Å². The Kier molecular flexibility index (Phi) is 8.61. The third-order valence-electron chi connectivity index (χ3n) is 2.38. The minimum absolute atomic E-state index is 0.148. The summed E-state index contributed by atoms with van der Waals surface area (Å²) in [6, 6.07) is 0. The van der Waals surface area contributed by atoms with Gasteiger partial charge >= 0.3 is 8.80 Å². The average molecular weight is 398 g/mol. The SMILES string of the molecule is [CH2]C(O)COC(C)[Si](O[Si](C)(C)C)(O[Si](C)(C)C)O[Si](C)(C)C. The van der Waals surface area contributed by atoms with Gasteiger partial charge in [0.2, 0.25) is 0 Å². The maximum absolute atomic E-state index is 9.45. The van der Waals surface area contributed by atoms with Crippen LogP contribution in [0.1, 0.15) is 6.92 Å². The second-order valence-electron chi connectivity index (χ2n) is 8.88. The van der Waals surface area contributed by atoms with E-state index in [2.05, 4.69) is 65.8 Å². The van der Waals surface area contributed by atoms with Crippen LogP contribution in [-0.2, 0) is 17.1 Å². The van der Waals surface area contributed by atoms with E-state index in [1.165, 1.54) is 0 Å². The van der Waals surface area contributed by atoms with E-state index in [-0.39, 0.29) is 12.3 Å². The molecule has 9 heteroatoms. The molecule has 0 spiro atoms. The van der Waals surface area contributed by atoms with Crippen LogP contribution in [0.3, 0.4) is 0 Å². The highest BCUT2D eigenvalue weighted by atomic mass is 28.5. The summed E-state index contributed by atoms with van der Waals surface area (Å²) in [6.45, 7) is 24.9. The molecule has 1 radical (unpaired) electrons. The quantitative estimate of drug-likeness (QED) is 0.571. The molecule has 0 rings (SSSR count). The summed E-state index contributed by atoms with van der Waals surface area (Å²) in [4.78, 5) is 0. The third-order valence-corrected chi connectivity index (χ3v) is 14.3. The van der Waals surface area contributed by atoms with Gasteiger partial charge in [-0.3, -0.25) is 0 Å². The van der Waals surface area contributed by atoms with Gasteiger partial charge in [0.05, 0.1) is 12.7 Å². The standard InChI is InChI=1S/C14H37O5Si4/c1-13(15)12-16-14(2)23(17-20(3,4)5,18-21(6,7)8)19-22(9,10)11/h13-15H,1,12H2,2-11H3. The highest BCUT2D eigenvalue weighted by Crippen LogP contribution is 2.29. The van der Waals surface area contributed by atoms with Gasteiger partial charge in [0, 0.05) is 0 Å². The first-order chi connectivity index (χ1) is 9.96. The maximum Gasteiger partial charge on any atom is 0.499 e. The van der Waals surface area contributed by atoms with Crippen LogP contribution in [0.25, 0.3) is 0 Å². The van der Waals surface area contributed by atoms with Gasteiger partial charge in [0.1, 0.15) is 5.73 Å². The van der Waals surface area contributed by atoms with Gasteiger partial charge in [0.15, 0.2) is 25.0 Å². The first-order valence-corrected chi connectivity index (χ1v) is 20.2. The van der Waals surface area contributed by atoms with Crippen molar-refractivity contribution in [3.8, 4) is 0 Å². The molecule has 2 unspecified atom stereocenters. The molecule has 1 N–H and O–H groups in total. The zero-order valence-corrected chi connectivity index (χ0v) is 20.6. The van der Waals surface area contributed by atoms with Crippen molar-refractivity contribution in [2.75, 3.05) is 6.61 Å².